The number of carbonyl (C=O) groups is 1. The van der Waals surface area contributed by atoms with Crippen molar-refractivity contribution in [3.05, 3.63) is 53.4 Å². The third-order valence-electron chi connectivity index (χ3n) is 4.90. The Labute approximate surface area is 185 Å². The maximum absolute atomic E-state index is 15.3. The zero-order valence-corrected chi connectivity index (χ0v) is 17.4. The number of alkyl halides is 3. The Morgan fingerprint density at radius 1 is 1.27 bits per heavy atom. The third kappa shape index (κ3) is 5.96. The van der Waals surface area contributed by atoms with E-state index in [0.29, 0.717) is 28.6 Å². The van der Waals surface area contributed by atoms with Crippen molar-refractivity contribution in [1.29, 1.82) is 0 Å². The summed E-state index contributed by atoms with van der Waals surface area (Å²) in [6.07, 6.45) is 1.02. The summed E-state index contributed by atoms with van der Waals surface area (Å²) in [4.78, 5) is 17.1. The third-order valence-corrected chi connectivity index (χ3v) is 4.90. The lowest BCUT2D eigenvalue weighted by Crippen LogP contribution is -2.21. The van der Waals surface area contributed by atoms with Crippen molar-refractivity contribution in [3.63, 3.8) is 0 Å². The summed E-state index contributed by atoms with van der Waals surface area (Å²) in [7, 11) is 0. The molecule has 0 aliphatic heterocycles. The lowest BCUT2D eigenvalue weighted by atomic mass is 9.79. The Balaban J connectivity index is 0.000000383. The molecule has 0 unspecified atom stereocenters. The number of carboxylic acid groups (broad SMARTS) is 1. The molecule has 1 saturated carbocycles. The number of ether oxygens (including phenoxy) is 1. The van der Waals surface area contributed by atoms with Crippen LogP contribution in [0.3, 0.4) is 0 Å². The zero-order chi connectivity index (χ0) is 24.2. The molecule has 0 atom stereocenters. The number of anilines is 1. The highest BCUT2D eigenvalue weighted by molar-refractivity contribution is 5.73. The van der Waals surface area contributed by atoms with Gasteiger partial charge >= 0.3 is 12.1 Å². The zero-order valence-electron chi connectivity index (χ0n) is 17.4. The molecule has 1 aliphatic rings. The molecule has 8 nitrogen and oxygen atoms in total. The lowest BCUT2D eigenvalue weighted by Gasteiger charge is -2.28. The number of aliphatic carboxylic acids is 1. The fourth-order valence-corrected chi connectivity index (χ4v) is 3.07. The first-order valence-electron chi connectivity index (χ1n) is 9.81. The van der Waals surface area contributed by atoms with Crippen LogP contribution in [-0.2, 0) is 11.4 Å². The molecule has 176 valence electrons. The van der Waals surface area contributed by atoms with Gasteiger partial charge in [-0.1, -0.05) is 17.6 Å². The number of hydrogen-bond acceptors (Lipinski definition) is 7. The van der Waals surface area contributed by atoms with Gasteiger partial charge in [-0.15, -0.1) is 0 Å². The highest BCUT2D eigenvalue weighted by Crippen LogP contribution is 2.44. The van der Waals surface area contributed by atoms with Gasteiger partial charge in [0, 0.05) is 17.2 Å². The number of nitrogens with two attached hydrogens (primary N) is 1. The van der Waals surface area contributed by atoms with Gasteiger partial charge in [0.2, 0.25) is 0 Å². The predicted molar refractivity (Wildman–Crippen MR) is 108 cm³/mol. The summed E-state index contributed by atoms with van der Waals surface area (Å²) in [6, 6.07) is 5.43. The molecule has 1 fully saturated rings. The first-order chi connectivity index (χ1) is 15.6. The number of rotatable bonds is 5. The summed E-state index contributed by atoms with van der Waals surface area (Å²) in [5.74, 6) is -1.63. The van der Waals surface area contributed by atoms with Crippen LogP contribution < -0.4 is 10.5 Å². The van der Waals surface area contributed by atoms with Crippen LogP contribution in [0.25, 0.3) is 11.3 Å². The Bertz CT molecular complexity index is 1110. The molecule has 2 heterocycles. The second-order valence-corrected chi connectivity index (χ2v) is 7.32. The summed E-state index contributed by atoms with van der Waals surface area (Å²) in [6.45, 7) is 1.95. The molecule has 2 aromatic heterocycles. The largest absolute Gasteiger partial charge is 0.490 e. The van der Waals surface area contributed by atoms with E-state index in [2.05, 4.69) is 15.1 Å². The monoisotopic (exact) mass is 468 g/mol. The van der Waals surface area contributed by atoms with E-state index in [0.717, 1.165) is 24.8 Å². The van der Waals surface area contributed by atoms with Crippen molar-refractivity contribution < 1.29 is 36.7 Å². The molecule has 0 spiro atoms. The van der Waals surface area contributed by atoms with Crippen molar-refractivity contribution in [1.82, 2.24) is 15.1 Å². The van der Waals surface area contributed by atoms with Crippen molar-refractivity contribution in [2.75, 3.05) is 5.73 Å². The average Bonchev–Trinajstić information content (AvgIpc) is 3.12. The minimum Gasteiger partial charge on any atom is -0.484 e. The molecule has 0 radical (unpaired) electrons. The minimum atomic E-state index is -5.08. The minimum absolute atomic E-state index is 0.144. The van der Waals surface area contributed by atoms with Crippen LogP contribution in [0, 0.1) is 12.7 Å². The van der Waals surface area contributed by atoms with E-state index in [1.165, 1.54) is 12.4 Å². The standard InChI is InChI=1S/C19H19FN4O2.C2HF3O2/c1-11-7-13(24-26-11)10-25-19-14(12-3-2-4-12)5-6-15(18(19)20)16-8-23-17(21)9-22-16;3-2(4,5)1(6)7/h5-9,12H,2-4,10H2,1H3,(H2,21,23);(H,6,7). The molecule has 3 N–H and O–H groups in total. The summed E-state index contributed by atoms with van der Waals surface area (Å²) >= 11 is 0. The van der Waals surface area contributed by atoms with Crippen molar-refractivity contribution in [2.45, 2.75) is 44.9 Å². The van der Waals surface area contributed by atoms with Gasteiger partial charge in [-0.25, -0.2) is 14.2 Å². The highest BCUT2D eigenvalue weighted by Gasteiger charge is 2.38. The van der Waals surface area contributed by atoms with Crippen LogP contribution >= 0.6 is 0 Å². The molecular weight excluding hydrogens is 448 g/mol. The fraction of sp³-hybridized carbons (Fsp3) is 0.333. The smallest absolute Gasteiger partial charge is 0.484 e. The number of carboxylic acids is 1. The van der Waals surface area contributed by atoms with E-state index in [4.69, 9.17) is 24.9 Å². The molecule has 0 saturated heterocycles. The maximum Gasteiger partial charge on any atom is 0.490 e. The molecule has 0 bridgehead atoms. The Morgan fingerprint density at radius 2 is 1.97 bits per heavy atom. The molecule has 1 aliphatic carbocycles. The van der Waals surface area contributed by atoms with Gasteiger partial charge in [-0.05, 0) is 31.7 Å². The van der Waals surface area contributed by atoms with Gasteiger partial charge in [-0.3, -0.25) is 4.98 Å². The van der Waals surface area contributed by atoms with Crippen LogP contribution in [0.4, 0.5) is 23.4 Å². The number of aryl methyl sites for hydroxylation is 1. The molecule has 33 heavy (non-hydrogen) atoms. The average molecular weight is 468 g/mol. The number of nitrogen functional groups attached to an aromatic ring is 1. The van der Waals surface area contributed by atoms with E-state index < -0.39 is 18.0 Å². The maximum atomic E-state index is 15.3. The second-order valence-electron chi connectivity index (χ2n) is 7.32. The Kier molecular flexibility index (Phi) is 7.14. The Hall–Kier alpha value is -3.70. The van der Waals surface area contributed by atoms with Crippen LogP contribution in [-0.4, -0.2) is 32.4 Å². The number of benzene rings is 1. The second kappa shape index (κ2) is 9.84. The number of halogens is 4. The lowest BCUT2D eigenvalue weighted by molar-refractivity contribution is -0.192. The molecule has 12 heteroatoms. The van der Waals surface area contributed by atoms with Gasteiger partial charge in [-0.2, -0.15) is 13.2 Å². The molecule has 4 rings (SSSR count). The Morgan fingerprint density at radius 3 is 2.45 bits per heavy atom. The summed E-state index contributed by atoms with van der Waals surface area (Å²) in [5.41, 5.74) is 7.84. The normalized spacial score (nSPS) is 13.6. The van der Waals surface area contributed by atoms with E-state index in [1.54, 1.807) is 19.1 Å². The number of nitrogens with zero attached hydrogens (tertiary/aromatic N) is 3. The molecule has 1 aromatic carbocycles. The topological polar surface area (TPSA) is 124 Å². The van der Waals surface area contributed by atoms with Gasteiger partial charge in [0.25, 0.3) is 0 Å². The van der Waals surface area contributed by atoms with E-state index in [-0.39, 0.29) is 18.2 Å². The van der Waals surface area contributed by atoms with E-state index in [9.17, 15) is 13.2 Å². The van der Waals surface area contributed by atoms with Gasteiger partial charge in [0.15, 0.2) is 11.6 Å². The summed E-state index contributed by atoms with van der Waals surface area (Å²) < 4.78 is 57.9. The van der Waals surface area contributed by atoms with E-state index in [1.807, 2.05) is 6.07 Å². The van der Waals surface area contributed by atoms with Crippen LogP contribution in [0.5, 0.6) is 5.75 Å². The highest BCUT2D eigenvalue weighted by atomic mass is 19.4. The van der Waals surface area contributed by atoms with Gasteiger partial charge in [0.1, 0.15) is 23.9 Å². The fourth-order valence-electron chi connectivity index (χ4n) is 3.07. The molecular formula is C21H20F4N4O4. The number of aromatic nitrogens is 3. The predicted octanol–water partition coefficient (Wildman–Crippen LogP) is 4.64. The first kappa shape index (κ1) is 24.0. The van der Waals surface area contributed by atoms with Crippen molar-refractivity contribution in [3.8, 4) is 17.0 Å². The van der Waals surface area contributed by atoms with Crippen LogP contribution in [0.15, 0.2) is 35.1 Å². The van der Waals surface area contributed by atoms with Crippen LogP contribution in [0.1, 0.15) is 42.2 Å². The van der Waals surface area contributed by atoms with E-state index >= 15 is 4.39 Å². The van der Waals surface area contributed by atoms with Gasteiger partial charge < -0.3 is 20.1 Å². The van der Waals surface area contributed by atoms with Gasteiger partial charge in [0.05, 0.1) is 18.1 Å². The quantitative estimate of drug-likeness (QED) is 0.519. The van der Waals surface area contributed by atoms with Crippen molar-refractivity contribution in [2.24, 2.45) is 0 Å². The number of hydrogen-bond donors (Lipinski definition) is 2. The summed E-state index contributed by atoms with van der Waals surface area (Å²) in [5, 5.41) is 11.0. The van der Waals surface area contributed by atoms with Crippen LogP contribution in [0.2, 0.25) is 0 Å². The molecule has 0 amide bonds. The first-order valence-corrected chi connectivity index (χ1v) is 9.81. The molecule has 3 aromatic rings. The SMILES string of the molecule is Cc1cc(COc2c(C3CCC3)ccc(-c3cnc(N)cn3)c2F)no1.O=C(O)C(F)(F)F. The van der Waals surface area contributed by atoms with Crippen molar-refractivity contribution >= 4 is 11.8 Å².